The van der Waals surface area contributed by atoms with E-state index in [0.29, 0.717) is 5.76 Å². The van der Waals surface area contributed by atoms with Crippen molar-refractivity contribution in [2.45, 2.75) is 43.2 Å². The molecule has 1 aliphatic carbocycles. The highest BCUT2D eigenvalue weighted by Gasteiger charge is 2.45. The fourth-order valence-corrected chi connectivity index (χ4v) is 2.77. The summed E-state index contributed by atoms with van der Waals surface area (Å²) in [7, 11) is 0. The number of hydrogen-bond donors (Lipinski definition) is 4. The Balaban J connectivity index is 1.69. The monoisotopic (exact) mass is 314 g/mol. The number of rotatable bonds is 3. The normalized spacial score (nSPS) is 44.3. The molecule has 122 valence electrons. The highest BCUT2D eigenvalue weighted by Crippen LogP contribution is 2.31. The summed E-state index contributed by atoms with van der Waals surface area (Å²) in [4.78, 5) is 11.2. The zero-order valence-electron chi connectivity index (χ0n) is 11.6. The number of ether oxygens (including phenoxy) is 3. The summed E-state index contributed by atoms with van der Waals surface area (Å²) in [5.41, 5.74) is 0. The summed E-state index contributed by atoms with van der Waals surface area (Å²) >= 11 is 0. The first kappa shape index (κ1) is 15.4. The van der Waals surface area contributed by atoms with Crippen molar-refractivity contribution in [2.24, 2.45) is 5.92 Å². The predicted molar refractivity (Wildman–Crippen MR) is 70.1 cm³/mol. The van der Waals surface area contributed by atoms with Gasteiger partial charge in [0.15, 0.2) is 0 Å². The minimum Gasteiger partial charge on any atom is -0.462 e. The molecule has 2 saturated heterocycles. The van der Waals surface area contributed by atoms with Crippen LogP contribution >= 0.6 is 0 Å². The van der Waals surface area contributed by atoms with E-state index >= 15 is 0 Å². The second-order valence-corrected chi connectivity index (χ2v) is 5.57. The lowest BCUT2D eigenvalue weighted by molar-refractivity contribution is -0.290. The highest BCUT2D eigenvalue weighted by atomic mass is 16.7. The fraction of sp³-hybridized carbons (Fsp3) is 0.643. The molecule has 0 radical (unpaired) electrons. The van der Waals surface area contributed by atoms with Crippen molar-refractivity contribution in [1.82, 2.24) is 0 Å². The molecular formula is C14H18O8. The summed E-state index contributed by atoms with van der Waals surface area (Å²) < 4.78 is 15.8. The molecule has 2 heterocycles. The molecule has 2 fully saturated rings. The van der Waals surface area contributed by atoms with Gasteiger partial charge in [-0.2, -0.15) is 0 Å². The van der Waals surface area contributed by atoms with Crippen molar-refractivity contribution < 1.29 is 39.4 Å². The number of fused-ring (bicyclic) bond motifs is 1. The van der Waals surface area contributed by atoms with Crippen molar-refractivity contribution in [1.29, 1.82) is 0 Å². The molecule has 8 heteroatoms. The maximum absolute atomic E-state index is 11.2. The Morgan fingerprint density at radius 2 is 2.00 bits per heavy atom. The smallest absolute Gasteiger partial charge is 0.307 e. The Bertz CT molecular complexity index is 499. The number of allylic oxidation sites excluding steroid dienone is 1. The molecule has 22 heavy (non-hydrogen) atoms. The Hall–Kier alpha value is -1.45. The molecule has 3 rings (SSSR count). The van der Waals surface area contributed by atoms with Crippen LogP contribution in [0, 0.1) is 5.92 Å². The number of hydrogen-bond acceptors (Lipinski definition) is 8. The molecule has 0 aromatic heterocycles. The molecule has 0 saturated carbocycles. The molecular weight excluding hydrogens is 296 g/mol. The lowest BCUT2D eigenvalue weighted by atomic mass is 9.96. The van der Waals surface area contributed by atoms with Crippen LogP contribution in [0.3, 0.4) is 0 Å². The minimum absolute atomic E-state index is 0.141. The van der Waals surface area contributed by atoms with E-state index in [1.165, 1.54) is 0 Å². The van der Waals surface area contributed by atoms with Crippen molar-refractivity contribution >= 4 is 5.97 Å². The lowest BCUT2D eigenvalue weighted by Crippen LogP contribution is -2.59. The van der Waals surface area contributed by atoms with Crippen LogP contribution in [0.25, 0.3) is 0 Å². The van der Waals surface area contributed by atoms with Crippen LogP contribution in [0.4, 0.5) is 0 Å². The van der Waals surface area contributed by atoms with Crippen LogP contribution in [0.1, 0.15) is 6.42 Å². The maximum Gasteiger partial charge on any atom is 0.307 e. The third-order valence-corrected chi connectivity index (χ3v) is 4.02. The van der Waals surface area contributed by atoms with Gasteiger partial charge in [0, 0.05) is 5.92 Å². The van der Waals surface area contributed by atoms with Gasteiger partial charge in [0.1, 0.15) is 36.3 Å². The van der Waals surface area contributed by atoms with Crippen LogP contribution < -0.4 is 0 Å². The molecule has 0 aromatic rings. The first-order chi connectivity index (χ1) is 10.5. The van der Waals surface area contributed by atoms with Crippen LogP contribution in [0.15, 0.2) is 24.0 Å². The van der Waals surface area contributed by atoms with Gasteiger partial charge < -0.3 is 34.6 Å². The standard InChI is InChI=1S/C14H18O8/c15-5-9-11(17)12(18)13(19)14(22-9)20-7-1-2-8-6(3-7)4-10(16)21-8/h1-3,6,8-9,11-15,17-19H,4-5H2. The second-order valence-electron chi connectivity index (χ2n) is 5.57. The Morgan fingerprint density at radius 3 is 2.73 bits per heavy atom. The van der Waals surface area contributed by atoms with E-state index in [1.54, 1.807) is 18.2 Å². The van der Waals surface area contributed by atoms with E-state index in [9.17, 15) is 20.1 Å². The van der Waals surface area contributed by atoms with Gasteiger partial charge in [0.25, 0.3) is 0 Å². The van der Waals surface area contributed by atoms with E-state index in [-0.39, 0.29) is 24.4 Å². The number of carbonyl (C=O) groups is 1. The minimum atomic E-state index is -1.49. The Kier molecular flexibility index (Phi) is 4.20. The summed E-state index contributed by atoms with van der Waals surface area (Å²) in [5, 5.41) is 38.4. The van der Waals surface area contributed by atoms with Crippen molar-refractivity contribution in [2.75, 3.05) is 6.61 Å². The van der Waals surface area contributed by atoms with Gasteiger partial charge in [0.2, 0.25) is 6.29 Å². The molecule has 8 nitrogen and oxygen atoms in total. The first-order valence-corrected chi connectivity index (χ1v) is 7.06. The molecule has 0 spiro atoms. The molecule has 3 aliphatic rings. The van der Waals surface area contributed by atoms with Crippen LogP contribution in [-0.2, 0) is 19.0 Å². The highest BCUT2D eigenvalue weighted by molar-refractivity contribution is 5.73. The van der Waals surface area contributed by atoms with E-state index in [4.69, 9.17) is 19.3 Å². The topological polar surface area (TPSA) is 126 Å². The Labute approximate surface area is 126 Å². The van der Waals surface area contributed by atoms with Crippen molar-refractivity contribution in [3.8, 4) is 0 Å². The maximum atomic E-state index is 11.2. The zero-order valence-corrected chi connectivity index (χ0v) is 11.6. The van der Waals surface area contributed by atoms with E-state index in [2.05, 4.69) is 0 Å². The number of carbonyl (C=O) groups excluding carboxylic acids is 1. The lowest BCUT2D eigenvalue weighted by Gasteiger charge is -2.39. The third-order valence-electron chi connectivity index (χ3n) is 4.02. The van der Waals surface area contributed by atoms with Gasteiger partial charge in [-0.15, -0.1) is 0 Å². The van der Waals surface area contributed by atoms with Gasteiger partial charge in [-0.25, -0.2) is 0 Å². The third kappa shape index (κ3) is 2.75. The summed E-state index contributed by atoms with van der Waals surface area (Å²) in [6.07, 6.45) is -1.76. The fourth-order valence-electron chi connectivity index (χ4n) is 2.77. The summed E-state index contributed by atoms with van der Waals surface area (Å²) in [6.45, 7) is -0.521. The number of esters is 1. The number of aliphatic hydroxyl groups excluding tert-OH is 4. The summed E-state index contributed by atoms with van der Waals surface area (Å²) in [5.74, 6) is -0.0637. The van der Waals surface area contributed by atoms with E-state index in [1.807, 2.05) is 0 Å². The van der Waals surface area contributed by atoms with Gasteiger partial charge in [-0.05, 0) is 18.2 Å². The zero-order chi connectivity index (χ0) is 15.9. The van der Waals surface area contributed by atoms with Gasteiger partial charge >= 0.3 is 5.97 Å². The molecule has 7 atom stereocenters. The van der Waals surface area contributed by atoms with Gasteiger partial charge in [-0.3, -0.25) is 4.79 Å². The number of aliphatic hydroxyl groups is 4. The first-order valence-electron chi connectivity index (χ1n) is 7.06. The molecule has 0 amide bonds. The van der Waals surface area contributed by atoms with Gasteiger partial charge in [0.05, 0.1) is 13.0 Å². The van der Waals surface area contributed by atoms with Crippen molar-refractivity contribution in [3.05, 3.63) is 24.0 Å². The SMILES string of the molecule is O=C1CC2C=C(OC3OC(CO)C(O)C(O)C3O)C=CC2O1. The second kappa shape index (κ2) is 5.98. The largest absolute Gasteiger partial charge is 0.462 e. The molecule has 4 N–H and O–H groups in total. The molecule has 0 aromatic carbocycles. The van der Waals surface area contributed by atoms with Gasteiger partial charge in [-0.1, -0.05) is 0 Å². The van der Waals surface area contributed by atoms with Crippen molar-refractivity contribution in [3.63, 3.8) is 0 Å². The van der Waals surface area contributed by atoms with E-state index in [0.717, 1.165) is 0 Å². The van der Waals surface area contributed by atoms with E-state index < -0.39 is 37.3 Å². The average molecular weight is 314 g/mol. The summed E-state index contributed by atoms with van der Waals surface area (Å²) in [6, 6.07) is 0. The predicted octanol–water partition coefficient (Wildman–Crippen LogP) is -1.81. The molecule has 0 bridgehead atoms. The van der Waals surface area contributed by atoms with Crippen LogP contribution in [0.2, 0.25) is 0 Å². The quantitative estimate of drug-likeness (QED) is 0.449. The molecule has 2 aliphatic heterocycles. The van der Waals surface area contributed by atoms with Crippen LogP contribution in [-0.4, -0.2) is 69.8 Å². The van der Waals surface area contributed by atoms with Crippen LogP contribution in [0.5, 0.6) is 0 Å². The molecule has 7 unspecified atom stereocenters. The average Bonchev–Trinajstić information content (AvgIpc) is 2.87. The Morgan fingerprint density at radius 1 is 1.23 bits per heavy atom.